The average molecular weight is 485 g/mol. The van der Waals surface area contributed by atoms with Gasteiger partial charge in [0.15, 0.2) is 5.16 Å². The van der Waals surface area contributed by atoms with Crippen LogP contribution in [-0.4, -0.2) is 44.4 Å². The number of anilines is 2. The molecule has 3 aromatic rings. The smallest absolute Gasteiger partial charge is 0.274 e. The highest BCUT2D eigenvalue weighted by atomic mass is 32.2. The Morgan fingerprint density at radius 2 is 1.76 bits per heavy atom. The van der Waals surface area contributed by atoms with Crippen LogP contribution in [0.4, 0.5) is 17.1 Å². The lowest BCUT2D eigenvalue weighted by molar-refractivity contribution is -0.385. The molecule has 2 N–H and O–H groups in total. The Kier molecular flexibility index (Phi) is 8.19. The third kappa shape index (κ3) is 6.32. The van der Waals surface area contributed by atoms with Crippen LogP contribution in [-0.2, 0) is 22.6 Å². The van der Waals surface area contributed by atoms with E-state index in [1.807, 2.05) is 6.92 Å². The number of hydrogen-bond acceptors (Lipinski definition) is 8. The molecule has 0 aliphatic heterocycles. The van der Waals surface area contributed by atoms with Crippen LogP contribution in [0.25, 0.3) is 0 Å². The van der Waals surface area contributed by atoms with Gasteiger partial charge in [0.1, 0.15) is 11.6 Å². The van der Waals surface area contributed by atoms with Crippen molar-refractivity contribution in [1.29, 1.82) is 0 Å². The van der Waals surface area contributed by atoms with Gasteiger partial charge in [0, 0.05) is 29.5 Å². The Bertz CT molecular complexity index is 1190. The van der Waals surface area contributed by atoms with Crippen molar-refractivity contribution in [2.75, 3.05) is 23.5 Å². The number of rotatable bonds is 10. The van der Waals surface area contributed by atoms with Crippen molar-refractivity contribution in [3.8, 4) is 5.75 Å². The first-order valence-corrected chi connectivity index (χ1v) is 11.3. The second kappa shape index (κ2) is 11.3. The number of nitrogens with one attached hydrogen (secondary N) is 2. The quantitative estimate of drug-likeness (QED) is 0.253. The molecule has 0 spiro atoms. The van der Waals surface area contributed by atoms with Gasteiger partial charge in [0.05, 0.1) is 24.2 Å². The second-order valence-corrected chi connectivity index (χ2v) is 8.13. The summed E-state index contributed by atoms with van der Waals surface area (Å²) in [6.45, 7) is 4.04. The molecule has 3 rings (SSSR count). The molecular weight excluding hydrogens is 460 g/mol. The SMILES string of the molecule is CCn1c(CC(=O)Nc2ccc(OC)cc2)nnc1SCC(=O)Nc1ccc(C)c([N+](=O)[O-])c1. The first kappa shape index (κ1) is 24.7. The number of aryl methyl sites for hydroxylation is 1. The van der Waals surface area contributed by atoms with Gasteiger partial charge < -0.3 is 19.9 Å². The van der Waals surface area contributed by atoms with Gasteiger partial charge in [0.2, 0.25) is 11.8 Å². The molecule has 1 aromatic heterocycles. The predicted octanol–water partition coefficient (Wildman–Crippen LogP) is 3.44. The zero-order valence-electron chi connectivity index (χ0n) is 18.9. The fraction of sp³-hybridized carbons (Fsp3) is 0.273. The molecule has 0 fully saturated rings. The molecular formula is C22H24N6O5S. The number of ether oxygens (including phenoxy) is 1. The summed E-state index contributed by atoms with van der Waals surface area (Å²) >= 11 is 1.17. The van der Waals surface area contributed by atoms with Crippen molar-refractivity contribution in [3.05, 3.63) is 64.0 Å². The van der Waals surface area contributed by atoms with E-state index in [0.717, 1.165) is 0 Å². The van der Waals surface area contributed by atoms with Gasteiger partial charge in [-0.15, -0.1) is 10.2 Å². The van der Waals surface area contributed by atoms with E-state index in [9.17, 15) is 19.7 Å². The summed E-state index contributed by atoms with van der Waals surface area (Å²) in [6.07, 6.45) is 0.0205. The number of hydrogen-bond donors (Lipinski definition) is 2. The van der Waals surface area contributed by atoms with Crippen LogP contribution in [0.5, 0.6) is 5.75 Å². The van der Waals surface area contributed by atoms with Gasteiger partial charge in [-0.3, -0.25) is 19.7 Å². The highest BCUT2D eigenvalue weighted by Gasteiger charge is 2.17. The molecule has 11 nitrogen and oxygen atoms in total. The summed E-state index contributed by atoms with van der Waals surface area (Å²) in [4.78, 5) is 35.4. The summed E-state index contributed by atoms with van der Waals surface area (Å²) in [5, 5.41) is 25.2. The molecule has 0 aliphatic rings. The van der Waals surface area contributed by atoms with Gasteiger partial charge in [-0.2, -0.15) is 0 Å². The number of nitro groups is 1. The summed E-state index contributed by atoms with van der Waals surface area (Å²) in [6, 6.07) is 11.5. The molecule has 0 saturated carbocycles. The van der Waals surface area contributed by atoms with E-state index in [1.165, 1.54) is 17.8 Å². The van der Waals surface area contributed by atoms with Crippen LogP contribution in [0.15, 0.2) is 47.6 Å². The third-order valence-electron chi connectivity index (χ3n) is 4.82. The minimum Gasteiger partial charge on any atom is -0.497 e. The van der Waals surface area contributed by atoms with E-state index in [4.69, 9.17) is 4.74 Å². The van der Waals surface area contributed by atoms with Crippen molar-refractivity contribution in [2.24, 2.45) is 0 Å². The van der Waals surface area contributed by atoms with Crippen molar-refractivity contribution in [1.82, 2.24) is 14.8 Å². The molecule has 0 saturated heterocycles. The Hall–Kier alpha value is -3.93. The molecule has 0 aliphatic carbocycles. The van der Waals surface area contributed by atoms with E-state index >= 15 is 0 Å². The Balaban J connectivity index is 1.58. The highest BCUT2D eigenvalue weighted by Crippen LogP contribution is 2.23. The van der Waals surface area contributed by atoms with Gasteiger partial charge >= 0.3 is 0 Å². The minimum absolute atomic E-state index is 0.0205. The molecule has 12 heteroatoms. The molecule has 178 valence electrons. The molecule has 0 unspecified atom stereocenters. The maximum absolute atomic E-state index is 12.4. The zero-order valence-corrected chi connectivity index (χ0v) is 19.7. The molecule has 34 heavy (non-hydrogen) atoms. The minimum atomic E-state index is -0.490. The van der Waals surface area contributed by atoms with Crippen molar-refractivity contribution < 1.29 is 19.2 Å². The average Bonchev–Trinajstić information content (AvgIpc) is 3.20. The van der Waals surface area contributed by atoms with Crippen LogP contribution in [0.3, 0.4) is 0 Å². The molecule has 0 bridgehead atoms. The Labute approximate surface area is 200 Å². The first-order chi connectivity index (χ1) is 16.3. The number of aromatic nitrogens is 3. The van der Waals surface area contributed by atoms with Crippen LogP contribution >= 0.6 is 11.8 Å². The number of carbonyl (C=O) groups is 2. The van der Waals surface area contributed by atoms with E-state index in [2.05, 4.69) is 20.8 Å². The van der Waals surface area contributed by atoms with Crippen molar-refractivity contribution >= 4 is 40.6 Å². The fourth-order valence-corrected chi connectivity index (χ4v) is 3.93. The van der Waals surface area contributed by atoms with Crippen LogP contribution in [0.1, 0.15) is 18.3 Å². The molecule has 1 heterocycles. The van der Waals surface area contributed by atoms with Gasteiger partial charge in [0.25, 0.3) is 5.69 Å². The lowest BCUT2D eigenvalue weighted by Gasteiger charge is -2.09. The highest BCUT2D eigenvalue weighted by molar-refractivity contribution is 7.99. The number of amides is 2. The van der Waals surface area contributed by atoms with Gasteiger partial charge in [-0.05, 0) is 44.2 Å². The van der Waals surface area contributed by atoms with E-state index < -0.39 is 4.92 Å². The second-order valence-electron chi connectivity index (χ2n) is 7.19. The maximum atomic E-state index is 12.4. The summed E-state index contributed by atoms with van der Waals surface area (Å²) in [5.41, 5.74) is 1.43. The predicted molar refractivity (Wildman–Crippen MR) is 128 cm³/mol. The fourth-order valence-electron chi connectivity index (χ4n) is 3.11. The standard InChI is InChI=1S/C22H24N6O5S/c1-4-27-19(12-20(29)23-15-7-9-17(33-3)10-8-15)25-26-22(27)34-13-21(30)24-16-6-5-14(2)18(11-16)28(31)32/h5-11H,4,12-13H2,1-3H3,(H,23,29)(H,24,30). The van der Waals surface area contributed by atoms with Crippen LogP contribution in [0.2, 0.25) is 0 Å². The number of methoxy groups -OCH3 is 1. The molecule has 0 atom stereocenters. The number of nitrogens with zero attached hydrogens (tertiary/aromatic N) is 4. The van der Waals surface area contributed by atoms with E-state index in [-0.39, 0.29) is 29.7 Å². The van der Waals surface area contributed by atoms with Crippen molar-refractivity contribution in [3.63, 3.8) is 0 Å². The lowest BCUT2D eigenvalue weighted by atomic mass is 10.2. The topological polar surface area (TPSA) is 141 Å². The van der Waals surface area contributed by atoms with Crippen molar-refractivity contribution in [2.45, 2.75) is 32.0 Å². The maximum Gasteiger partial charge on any atom is 0.274 e. The summed E-state index contributed by atoms with van der Waals surface area (Å²) < 4.78 is 6.87. The Morgan fingerprint density at radius 3 is 2.41 bits per heavy atom. The number of nitro benzene ring substituents is 1. The first-order valence-electron chi connectivity index (χ1n) is 10.3. The van der Waals surface area contributed by atoms with Gasteiger partial charge in [-0.25, -0.2) is 0 Å². The van der Waals surface area contributed by atoms with Gasteiger partial charge in [-0.1, -0.05) is 17.8 Å². The molecule has 2 amide bonds. The monoisotopic (exact) mass is 484 g/mol. The summed E-state index contributed by atoms with van der Waals surface area (Å²) in [5.74, 6) is 0.605. The third-order valence-corrected chi connectivity index (χ3v) is 5.79. The number of carbonyl (C=O) groups excluding carboxylic acids is 2. The Morgan fingerprint density at radius 1 is 1.09 bits per heavy atom. The number of thioether (sulfide) groups is 1. The van der Waals surface area contributed by atoms with Crippen LogP contribution < -0.4 is 15.4 Å². The number of benzene rings is 2. The van der Waals surface area contributed by atoms with E-state index in [0.29, 0.717) is 40.2 Å². The van der Waals surface area contributed by atoms with Crippen LogP contribution in [0, 0.1) is 17.0 Å². The largest absolute Gasteiger partial charge is 0.497 e. The normalized spacial score (nSPS) is 10.6. The molecule has 2 aromatic carbocycles. The molecule has 0 radical (unpaired) electrons. The lowest BCUT2D eigenvalue weighted by Crippen LogP contribution is -2.18. The summed E-state index contributed by atoms with van der Waals surface area (Å²) in [7, 11) is 1.57. The zero-order chi connectivity index (χ0) is 24.7. The van der Waals surface area contributed by atoms with E-state index in [1.54, 1.807) is 55.0 Å².